The van der Waals surface area contributed by atoms with Crippen molar-refractivity contribution in [1.29, 1.82) is 0 Å². The number of aliphatic hydroxyl groups is 1. The minimum Gasteiger partial charge on any atom is -0.496 e. The van der Waals surface area contributed by atoms with Gasteiger partial charge in [0.05, 0.1) is 24.9 Å². The summed E-state index contributed by atoms with van der Waals surface area (Å²) in [5.41, 5.74) is 4.64. The van der Waals surface area contributed by atoms with Gasteiger partial charge in [0.15, 0.2) is 5.65 Å². The molecule has 0 unspecified atom stereocenters. The van der Waals surface area contributed by atoms with Gasteiger partial charge in [-0.1, -0.05) is 18.2 Å². The molecule has 168 valence electrons. The highest BCUT2D eigenvalue weighted by molar-refractivity contribution is 5.76. The quantitative estimate of drug-likeness (QED) is 0.518. The van der Waals surface area contributed by atoms with Gasteiger partial charge in [-0.25, -0.2) is 19.9 Å². The Labute approximate surface area is 191 Å². The standard InChI is InChI=1S/C25H26N6O2/c1-33-22-5-3-2-4-18(22)21-8-9-23-28-20-7-6-19(29-24(20)31(21)23)16-14-26-25(27-15-16)30-12-10-17(32)11-13-30/h2-7,14-15,17,21,32H,8-13H2,1H3/t21-/m1/s1. The summed E-state index contributed by atoms with van der Waals surface area (Å²) < 4.78 is 7.89. The number of methoxy groups -OCH3 is 1. The monoisotopic (exact) mass is 442 g/mol. The first-order valence-corrected chi connectivity index (χ1v) is 11.5. The molecule has 0 saturated carbocycles. The first-order valence-electron chi connectivity index (χ1n) is 11.5. The van der Waals surface area contributed by atoms with Crippen LogP contribution in [0.1, 0.15) is 36.7 Å². The summed E-state index contributed by atoms with van der Waals surface area (Å²) >= 11 is 0. The Morgan fingerprint density at radius 3 is 2.55 bits per heavy atom. The van der Waals surface area contributed by atoms with Crippen LogP contribution in [0.25, 0.3) is 22.4 Å². The van der Waals surface area contributed by atoms with E-state index in [0.717, 1.165) is 78.3 Å². The maximum Gasteiger partial charge on any atom is 0.225 e. The highest BCUT2D eigenvalue weighted by Gasteiger charge is 2.30. The van der Waals surface area contributed by atoms with Gasteiger partial charge in [-0.3, -0.25) is 0 Å². The number of nitrogens with zero attached hydrogens (tertiary/aromatic N) is 6. The number of pyridine rings is 1. The normalized spacial score (nSPS) is 18.6. The predicted octanol–water partition coefficient (Wildman–Crippen LogP) is 3.39. The Morgan fingerprint density at radius 2 is 1.76 bits per heavy atom. The van der Waals surface area contributed by atoms with Crippen LogP contribution in [-0.2, 0) is 6.42 Å². The average Bonchev–Trinajstić information content (AvgIpc) is 3.44. The van der Waals surface area contributed by atoms with Crippen molar-refractivity contribution in [2.24, 2.45) is 0 Å². The Hall–Kier alpha value is -3.52. The van der Waals surface area contributed by atoms with Crippen LogP contribution in [-0.4, -0.2) is 55.9 Å². The van der Waals surface area contributed by atoms with Crippen LogP contribution in [0.4, 0.5) is 5.95 Å². The van der Waals surface area contributed by atoms with Crippen molar-refractivity contribution in [3.8, 4) is 17.0 Å². The number of hydrogen-bond acceptors (Lipinski definition) is 7. The fraction of sp³-hybridized carbons (Fsp3) is 0.360. The zero-order chi connectivity index (χ0) is 22.4. The molecule has 2 aliphatic heterocycles. The Bertz CT molecular complexity index is 1290. The van der Waals surface area contributed by atoms with E-state index in [-0.39, 0.29) is 12.1 Å². The zero-order valence-corrected chi connectivity index (χ0v) is 18.6. The number of fused-ring (bicyclic) bond motifs is 3. The summed E-state index contributed by atoms with van der Waals surface area (Å²) in [4.78, 5) is 21.1. The molecule has 1 saturated heterocycles. The Kier molecular flexibility index (Phi) is 4.95. The van der Waals surface area contributed by atoms with Gasteiger partial charge in [0.1, 0.15) is 17.1 Å². The second kappa shape index (κ2) is 8.12. The number of para-hydroxylation sites is 1. The topological polar surface area (TPSA) is 89.2 Å². The molecule has 0 bridgehead atoms. The summed E-state index contributed by atoms with van der Waals surface area (Å²) in [5, 5.41) is 9.73. The number of aliphatic hydroxyl groups excluding tert-OH is 1. The lowest BCUT2D eigenvalue weighted by Gasteiger charge is -2.29. The van der Waals surface area contributed by atoms with Crippen LogP contribution < -0.4 is 9.64 Å². The molecule has 8 heteroatoms. The SMILES string of the molecule is COc1ccccc1[C@H]1CCc2nc3ccc(-c4cnc(N5CCC(O)CC5)nc4)nc3n21. The molecule has 0 spiro atoms. The van der Waals surface area contributed by atoms with Crippen LogP contribution in [0.15, 0.2) is 48.8 Å². The van der Waals surface area contributed by atoms with Crippen LogP contribution >= 0.6 is 0 Å². The lowest BCUT2D eigenvalue weighted by molar-refractivity contribution is 0.145. The maximum atomic E-state index is 9.73. The van der Waals surface area contributed by atoms with Gasteiger partial charge >= 0.3 is 0 Å². The second-order valence-electron chi connectivity index (χ2n) is 8.72. The number of benzene rings is 1. The molecule has 0 amide bonds. The van der Waals surface area contributed by atoms with E-state index in [4.69, 9.17) is 14.7 Å². The molecule has 8 nitrogen and oxygen atoms in total. The smallest absolute Gasteiger partial charge is 0.225 e. The summed E-state index contributed by atoms with van der Waals surface area (Å²) in [6.07, 6.45) is 6.85. The van der Waals surface area contributed by atoms with Crippen LogP contribution in [0.2, 0.25) is 0 Å². The fourth-order valence-corrected chi connectivity index (χ4v) is 5.00. The van der Waals surface area contributed by atoms with E-state index in [1.807, 2.05) is 36.7 Å². The molecule has 1 N–H and O–H groups in total. The van der Waals surface area contributed by atoms with Crippen molar-refractivity contribution in [2.45, 2.75) is 37.8 Å². The largest absolute Gasteiger partial charge is 0.496 e. The number of hydrogen-bond donors (Lipinski definition) is 1. The van der Waals surface area contributed by atoms with Gasteiger partial charge in [0.2, 0.25) is 5.95 Å². The van der Waals surface area contributed by atoms with Gasteiger partial charge in [-0.05, 0) is 37.5 Å². The molecule has 5 heterocycles. The second-order valence-corrected chi connectivity index (χ2v) is 8.72. The number of aryl methyl sites for hydroxylation is 1. The fourth-order valence-electron chi connectivity index (χ4n) is 5.00. The van der Waals surface area contributed by atoms with Gasteiger partial charge < -0.3 is 19.3 Å². The van der Waals surface area contributed by atoms with Gasteiger partial charge in [0.25, 0.3) is 0 Å². The molecule has 3 aromatic heterocycles. The molecule has 2 aliphatic rings. The molecule has 4 aromatic rings. The van der Waals surface area contributed by atoms with Gasteiger partial charge in [-0.2, -0.15) is 0 Å². The highest BCUT2D eigenvalue weighted by atomic mass is 16.5. The highest BCUT2D eigenvalue weighted by Crippen LogP contribution is 2.39. The Balaban J connectivity index is 1.34. The van der Waals surface area contributed by atoms with Crippen LogP contribution in [0.5, 0.6) is 5.75 Å². The van der Waals surface area contributed by atoms with E-state index in [2.05, 4.69) is 31.6 Å². The Morgan fingerprint density at radius 1 is 0.970 bits per heavy atom. The van der Waals surface area contributed by atoms with Crippen molar-refractivity contribution in [3.63, 3.8) is 0 Å². The molecule has 0 radical (unpaired) electrons. The number of aromatic nitrogens is 5. The summed E-state index contributed by atoms with van der Waals surface area (Å²) in [6.45, 7) is 1.55. The third kappa shape index (κ3) is 3.51. The minimum atomic E-state index is -0.214. The maximum absolute atomic E-state index is 9.73. The molecule has 1 fully saturated rings. The minimum absolute atomic E-state index is 0.150. The van der Waals surface area contributed by atoms with Crippen molar-refractivity contribution in [2.75, 3.05) is 25.1 Å². The summed E-state index contributed by atoms with van der Waals surface area (Å²) in [7, 11) is 1.72. The molecule has 33 heavy (non-hydrogen) atoms. The van der Waals surface area contributed by atoms with Crippen molar-refractivity contribution >= 4 is 17.1 Å². The third-order valence-corrected chi connectivity index (χ3v) is 6.74. The van der Waals surface area contributed by atoms with Crippen molar-refractivity contribution in [3.05, 3.63) is 60.2 Å². The number of rotatable bonds is 4. The summed E-state index contributed by atoms with van der Waals surface area (Å²) in [5.74, 6) is 2.65. The zero-order valence-electron chi connectivity index (χ0n) is 18.6. The van der Waals surface area contributed by atoms with E-state index >= 15 is 0 Å². The number of imidazole rings is 1. The first-order chi connectivity index (χ1) is 16.2. The average molecular weight is 443 g/mol. The lowest BCUT2D eigenvalue weighted by atomic mass is 10.0. The number of anilines is 1. The lowest BCUT2D eigenvalue weighted by Crippen LogP contribution is -2.36. The van der Waals surface area contributed by atoms with Crippen molar-refractivity contribution < 1.29 is 9.84 Å². The number of piperidine rings is 1. The van der Waals surface area contributed by atoms with E-state index in [9.17, 15) is 5.11 Å². The molecule has 6 rings (SSSR count). The summed E-state index contributed by atoms with van der Waals surface area (Å²) in [6, 6.07) is 12.3. The van der Waals surface area contributed by atoms with E-state index in [0.29, 0.717) is 5.95 Å². The van der Waals surface area contributed by atoms with E-state index in [1.54, 1.807) is 7.11 Å². The van der Waals surface area contributed by atoms with Gasteiger partial charge in [0, 0.05) is 43.0 Å². The molecule has 1 aromatic carbocycles. The molecular weight excluding hydrogens is 416 g/mol. The number of ether oxygens (including phenoxy) is 1. The molecule has 0 aliphatic carbocycles. The molecule has 1 atom stereocenters. The first kappa shape index (κ1) is 20.1. The van der Waals surface area contributed by atoms with Crippen molar-refractivity contribution in [1.82, 2.24) is 24.5 Å². The molecular formula is C25H26N6O2. The van der Waals surface area contributed by atoms with Crippen LogP contribution in [0.3, 0.4) is 0 Å². The van der Waals surface area contributed by atoms with Crippen LogP contribution in [0, 0.1) is 0 Å². The predicted molar refractivity (Wildman–Crippen MR) is 125 cm³/mol. The third-order valence-electron chi connectivity index (χ3n) is 6.74. The van der Waals surface area contributed by atoms with Gasteiger partial charge in [-0.15, -0.1) is 0 Å². The van der Waals surface area contributed by atoms with E-state index < -0.39 is 0 Å². The van der Waals surface area contributed by atoms with E-state index in [1.165, 1.54) is 0 Å².